The van der Waals surface area contributed by atoms with Gasteiger partial charge in [0.15, 0.2) is 0 Å². The van der Waals surface area contributed by atoms with Crippen molar-refractivity contribution < 1.29 is 14.7 Å². The van der Waals surface area contributed by atoms with E-state index in [0.29, 0.717) is 5.75 Å². The molecule has 0 radical (unpaired) electrons. The molecule has 0 amide bonds. The predicted molar refractivity (Wildman–Crippen MR) is 72.3 cm³/mol. The summed E-state index contributed by atoms with van der Waals surface area (Å²) in [6.45, 7) is 2.23. The van der Waals surface area contributed by atoms with Crippen LogP contribution in [0, 0.1) is 5.92 Å². The first-order chi connectivity index (χ1) is 8.69. The van der Waals surface area contributed by atoms with Gasteiger partial charge in [0, 0.05) is 0 Å². The Morgan fingerprint density at radius 2 is 2.00 bits per heavy atom. The molecule has 0 aliphatic heterocycles. The zero-order chi connectivity index (χ0) is 13.0. The van der Waals surface area contributed by atoms with Crippen LogP contribution in [-0.4, -0.2) is 17.4 Å². The minimum atomic E-state index is -1.73. The summed E-state index contributed by atoms with van der Waals surface area (Å²) < 4.78 is 4.88. The van der Waals surface area contributed by atoms with E-state index < -0.39 is 7.32 Å². The molecule has 1 aliphatic rings. The van der Waals surface area contributed by atoms with Crippen LogP contribution < -0.4 is 4.65 Å². The van der Waals surface area contributed by atoms with Crippen molar-refractivity contribution in [3.63, 3.8) is 0 Å². The van der Waals surface area contributed by atoms with Crippen LogP contribution >= 0.6 is 0 Å². The van der Waals surface area contributed by atoms with Crippen LogP contribution in [-0.2, 0) is 12.8 Å². The van der Waals surface area contributed by atoms with Crippen LogP contribution in [0.5, 0.6) is 5.75 Å². The second-order valence-corrected chi connectivity index (χ2v) is 5.14. The summed E-state index contributed by atoms with van der Waals surface area (Å²) >= 11 is 0. The molecule has 2 rings (SSSR count). The van der Waals surface area contributed by atoms with Crippen LogP contribution in [0.15, 0.2) is 18.2 Å². The SMILES string of the molecule is CCCCCC1Cc2ccc(OB(O)O)cc2C1. The van der Waals surface area contributed by atoms with Gasteiger partial charge in [0.2, 0.25) is 0 Å². The molecule has 3 nitrogen and oxygen atoms in total. The maximum atomic E-state index is 8.78. The maximum absolute atomic E-state index is 8.78. The largest absolute Gasteiger partial charge is 0.707 e. The highest BCUT2D eigenvalue weighted by Crippen LogP contribution is 2.32. The normalized spacial score (nSPS) is 17.6. The van der Waals surface area contributed by atoms with Crippen molar-refractivity contribution in [1.29, 1.82) is 0 Å². The molecule has 0 bridgehead atoms. The van der Waals surface area contributed by atoms with Gasteiger partial charge in [-0.25, -0.2) is 0 Å². The highest BCUT2D eigenvalue weighted by molar-refractivity contribution is 6.33. The Labute approximate surface area is 109 Å². The Kier molecular flexibility index (Phi) is 4.67. The number of unbranched alkanes of at least 4 members (excludes halogenated alkanes) is 2. The van der Waals surface area contributed by atoms with Gasteiger partial charge in [-0.05, 0) is 48.4 Å². The van der Waals surface area contributed by atoms with Gasteiger partial charge in [-0.3, -0.25) is 0 Å². The molecule has 0 saturated carbocycles. The highest BCUT2D eigenvalue weighted by atomic mass is 16.6. The fourth-order valence-corrected chi connectivity index (χ4v) is 2.77. The summed E-state index contributed by atoms with van der Waals surface area (Å²) in [5, 5.41) is 17.6. The van der Waals surface area contributed by atoms with E-state index in [9.17, 15) is 0 Å². The molecule has 1 aromatic rings. The topological polar surface area (TPSA) is 49.7 Å². The third kappa shape index (κ3) is 3.50. The summed E-state index contributed by atoms with van der Waals surface area (Å²) in [5.74, 6) is 1.29. The van der Waals surface area contributed by atoms with Gasteiger partial charge in [0.25, 0.3) is 0 Å². The van der Waals surface area contributed by atoms with Crippen molar-refractivity contribution in [2.45, 2.75) is 45.4 Å². The van der Waals surface area contributed by atoms with Gasteiger partial charge >= 0.3 is 7.32 Å². The van der Waals surface area contributed by atoms with Crippen molar-refractivity contribution in [2.24, 2.45) is 5.92 Å². The van der Waals surface area contributed by atoms with E-state index in [1.807, 2.05) is 18.2 Å². The van der Waals surface area contributed by atoms with Gasteiger partial charge in [-0.15, -0.1) is 0 Å². The van der Waals surface area contributed by atoms with E-state index in [2.05, 4.69) is 6.92 Å². The van der Waals surface area contributed by atoms with Gasteiger partial charge < -0.3 is 14.7 Å². The standard InChI is InChI=1S/C14H21BO3/c1-2-3-4-5-11-8-12-6-7-14(18-15(16)17)10-13(12)9-11/h6-7,10-11,16-17H,2-5,8-9H2,1H3. The number of fused-ring (bicyclic) bond motifs is 1. The molecule has 18 heavy (non-hydrogen) atoms. The predicted octanol–water partition coefficient (Wildman–Crippen LogP) is 2.33. The van der Waals surface area contributed by atoms with Gasteiger partial charge in [-0.1, -0.05) is 32.3 Å². The van der Waals surface area contributed by atoms with Crippen LogP contribution in [0.3, 0.4) is 0 Å². The molecule has 1 aliphatic carbocycles. The molecule has 0 saturated heterocycles. The highest BCUT2D eigenvalue weighted by Gasteiger charge is 2.22. The van der Waals surface area contributed by atoms with Crippen molar-refractivity contribution in [1.82, 2.24) is 0 Å². The molecule has 0 fully saturated rings. The fraction of sp³-hybridized carbons (Fsp3) is 0.571. The number of benzene rings is 1. The Morgan fingerprint density at radius 3 is 2.72 bits per heavy atom. The summed E-state index contributed by atoms with van der Waals surface area (Å²) in [5.41, 5.74) is 2.69. The van der Waals surface area contributed by atoms with Crippen molar-refractivity contribution in [3.05, 3.63) is 29.3 Å². The monoisotopic (exact) mass is 248 g/mol. The van der Waals surface area contributed by atoms with Crippen LogP contribution in [0.1, 0.15) is 43.7 Å². The third-order valence-electron chi connectivity index (χ3n) is 3.65. The maximum Gasteiger partial charge on any atom is 0.707 e. The van der Waals surface area contributed by atoms with E-state index in [4.69, 9.17) is 14.7 Å². The first kappa shape index (κ1) is 13.4. The van der Waals surface area contributed by atoms with Gasteiger partial charge in [-0.2, -0.15) is 0 Å². The third-order valence-corrected chi connectivity index (χ3v) is 3.65. The van der Waals surface area contributed by atoms with Crippen LogP contribution in [0.2, 0.25) is 0 Å². The molecular formula is C14H21BO3. The zero-order valence-corrected chi connectivity index (χ0v) is 10.9. The summed E-state index contributed by atoms with van der Waals surface area (Å²) in [6.07, 6.45) is 7.44. The van der Waals surface area contributed by atoms with Crippen molar-refractivity contribution in [3.8, 4) is 5.75 Å². The fourth-order valence-electron chi connectivity index (χ4n) is 2.77. The molecular weight excluding hydrogens is 227 g/mol. The van der Waals surface area contributed by atoms with Crippen molar-refractivity contribution in [2.75, 3.05) is 0 Å². The summed E-state index contributed by atoms with van der Waals surface area (Å²) in [7, 11) is -1.73. The Bertz CT molecular complexity index is 393. The van der Waals surface area contributed by atoms with E-state index >= 15 is 0 Å². The Balaban J connectivity index is 1.93. The average molecular weight is 248 g/mol. The molecule has 0 spiro atoms. The Morgan fingerprint density at radius 1 is 1.22 bits per heavy atom. The molecule has 1 atom stereocenters. The molecule has 4 heteroatoms. The minimum Gasteiger partial charge on any atom is -0.512 e. The van der Waals surface area contributed by atoms with Crippen LogP contribution in [0.4, 0.5) is 0 Å². The molecule has 2 N–H and O–H groups in total. The smallest absolute Gasteiger partial charge is 0.512 e. The van der Waals surface area contributed by atoms with Crippen LogP contribution in [0.25, 0.3) is 0 Å². The molecule has 0 aromatic heterocycles. The number of hydrogen-bond acceptors (Lipinski definition) is 3. The summed E-state index contributed by atoms with van der Waals surface area (Å²) in [6, 6.07) is 5.80. The second kappa shape index (κ2) is 6.25. The molecule has 1 aromatic carbocycles. The lowest BCUT2D eigenvalue weighted by Crippen LogP contribution is -2.20. The molecule has 98 valence electrons. The van der Waals surface area contributed by atoms with Gasteiger partial charge in [0.05, 0.1) is 0 Å². The lowest BCUT2D eigenvalue weighted by molar-refractivity contribution is 0.288. The second-order valence-electron chi connectivity index (χ2n) is 5.14. The first-order valence-corrected chi connectivity index (χ1v) is 6.83. The first-order valence-electron chi connectivity index (χ1n) is 6.83. The molecule has 1 unspecified atom stereocenters. The lowest BCUT2D eigenvalue weighted by Gasteiger charge is -2.07. The van der Waals surface area contributed by atoms with Gasteiger partial charge in [0.1, 0.15) is 5.75 Å². The Hall–Kier alpha value is -0.995. The van der Waals surface area contributed by atoms with E-state index in [1.165, 1.54) is 36.8 Å². The minimum absolute atomic E-state index is 0.540. The lowest BCUT2D eigenvalue weighted by atomic mass is 9.98. The summed E-state index contributed by atoms with van der Waals surface area (Å²) in [4.78, 5) is 0. The average Bonchev–Trinajstić information content (AvgIpc) is 2.70. The number of hydrogen-bond donors (Lipinski definition) is 2. The number of rotatable bonds is 6. The quantitative estimate of drug-likeness (QED) is 0.600. The van der Waals surface area contributed by atoms with Crippen molar-refractivity contribution >= 4 is 7.32 Å². The van der Waals surface area contributed by atoms with E-state index in [-0.39, 0.29) is 0 Å². The molecule has 0 heterocycles. The zero-order valence-electron chi connectivity index (χ0n) is 10.9. The van der Waals surface area contributed by atoms with E-state index in [1.54, 1.807) is 0 Å². The van der Waals surface area contributed by atoms with E-state index in [0.717, 1.165) is 18.8 Å².